The number of fused-ring (bicyclic) bond motifs is 3. The number of amides is 1. The van der Waals surface area contributed by atoms with Gasteiger partial charge in [-0.15, -0.1) is 0 Å². The van der Waals surface area contributed by atoms with E-state index in [1.807, 2.05) is 66.7 Å². The number of halogens is 3. The standard InChI is InChI=1S/C32H37F3N4O2/c1-22-19-38(28-15-10-16-29(37-28)41-3)20-23(2)39(22)18-9-8-17-31(30(40)36-21-32(33,34)35)26-13-6-4-11-24(26)25-12-5-7-14-27(25)31/h4-7,10-16,22-23H,8-9,17-21H2,1-3H3,(H,36,40). The molecule has 41 heavy (non-hydrogen) atoms. The van der Waals surface area contributed by atoms with Crippen molar-refractivity contribution in [2.45, 2.75) is 56.8 Å². The zero-order valence-electron chi connectivity index (χ0n) is 23.7. The number of carbonyl (C=O) groups is 1. The molecule has 0 saturated carbocycles. The Labute approximate surface area is 239 Å². The zero-order chi connectivity index (χ0) is 29.2. The molecule has 1 aliphatic heterocycles. The van der Waals surface area contributed by atoms with Gasteiger partial charge in [0.05, 0.1) is 7.11 Å². The SMILES string of the molecule is COc1cccc(N2CC(C)N(CCCCC3(C(=O)NCC(F)(F)F)c4ccccc4-c4ccccc43)C(C)C2)n1. The molecule has 6 nitrogen and oxygen atoms in total. The molecule has 2 aliphatic rings. The number of anilines is 1. The van der Waals surface area contributed by atoms with Gasteiger partial charge in [-0.05, 0) is 61.6 Å². The molecule has 1 saturated heterocycles. The second-order valence-corrected chi connectivity index (χ2v) is 11.1. The average Bonchev–Trinajstić information content (AvgIpc) is 3.25. The minimum absolute atomic E-state index is 0.281. The molecule has 5 rings (SSSR count). The van der Waals surface area contributed by atoms with Crippen LogP contribution in [0.25, 0.3) is 11.1 Å². The minimum atomic E-state index is -4.48. The van der Waals surface area contributed by atoms with Crippen LogP contribution in [0.2, 0.25) is 0 Å². The van der Waals surface area contributed by atoms with Gasteiger partial charge in [0, 0.05) is 31.2 Å². The van der Waals surface area contributed by atoms with E-state index in [4.69, 9.17) is 4.74 Å². The van der Waals surface area contributed by atoms with Crippen molar-refractivity contribution in [3.63, 3.8) is 0 Å². The number of pyridine rings is 1. The van der Waals surface area contributed by atoms with Gasteiger partial charge in [0.1, 0.15) is 17.8 Å². The second-order valence-electron chi connectivity index (χ2n) is 11.1. The number of hydrogen-bond donors (Lipinski definition) is 1. The summed E-state index contributed by atoms with van der Waals surface area (Å²) in [5.41, 5.74) is 2.22. The maximum Gasteiger partial charge on any atom is 0.405 e. The molecule has 9 heteroatoms. The number of nitrogens with one attached hydrogen (secondary N) is 1. The monoisotopic (exact) mass is 566 g/mol. The Morgan fingerprint density at radius 2 is 1.56 bits per heavy atom. The number of benzene rings is 2. The summed E-state index contributed by atoms with van der Waals surface area (Å²) in [4.78, 5) is 23.1. The van der Waals surface area contributed by atoms with Crippen LogP contribution in [0, 0.1) is 0 Å². The zero-order valence-corrected chi connectivity index (χ0v) is 23.7. The van der Waals surface area contributed by atoms with E-state index in [-0.39, 0.29) is 12.1 Å². The molecule has 1 aliphatic carbocycles. The molecule has 2 unspecified atom stereocenters. The molecular weight excluding hydrogens is 529 g/mol. The molecule has 1 fully saturated rings. The summed E-state index contributed by atoms with van der Waals surface area (Å²) in [6.07, 6.45) is -2.53. The van der Waals surface area contributed by atoms with Crippen molar-refractivity contribution in [2.75, 3.05) is 38.2 Å². The lowest BCUT2D eigenvalue weighted by Gasteiger charge is -2.45. The number of hydrogen-bond acceptors (Lipinski definition) is 5. The van der Waals surface area contributed by atoms with Crippen LogP contribution in [0.4, 0.5) is 19.0 Å². The second kappa shape index (κ2) is 11.7. The van der Waals surface area contributed by atoms with Gasteiger partial charge in [-0.3, -0.25) is 9.69 Å². The highest BCUT2D eigenvalue weighted by Crippen LogP contribution is 2.51. The minimum Gasteiger partial charge on any atom is -0.481 e. The smallest absolute Gasteiger partial charge is 0.405 e. The fraction of sp³-hybridized carbons (Fsp3) is 0.438. The van der Waals surface area contributed by atoms with Gasteiger partial charge >= 0.3 is 6.18 Å². The van der Waals surface area contributed by atoms with Crippen molar-refractivity contribution >= 4 is 11.7 Å². The Hall–Kier alpha value is -3.59. The predicted octanol–water partition coefficient (Wildman–Crippen LogP) is 5.80. The number of piperazine rings is 1. The number of methoxy groups -OCH3 is 1. The summed E-state index contributed by atoms with van der Waals surface area (Å²) < 4.78 is 44.7. The molecule has 2 aromatic carbocycles. The first-order valence-electron chi connectivity index (χ1n) is 14.2. The molecule has 1 aromatic heterocycles. The fourth-order valence-corrected chi connectivity index (χ4v) is 6.65. The van der Waals surface area contributed by atoms with Crippen LogP contribution < -0.4 is 15.0 Å². The van der Waals surface area contributed by atoms with Crippen LogP contribution in [0.3, 0.4) is 0 Å². The van der Waals surface area contributed by atoms with E-state index in [0.717, 1.165) is 54.1 Å². The highest BCUT2D eigenvalue weighted by atomic mass is 19.4. The van der Waals surface area contributed by atoms with E-state index in [1.54, 1.807) is 7.11 Å². The van der Waals surface area contributed by atoms with Gasteiger partial charge in [-0.2, -0.15) is 18.2 Å². The molecule has 0 radical (unpaired) electrons. The lowest BCUT2D eigenvalue weighted by atomic mass is 9.73. The number of aromatic nitrogens is 1. The number of rotatable bonds is 9. The van der Waals surface area contributed by atoms with E-state index in [2.05, 4.69) is 33.9 Å². The Kier molecular flexibility index (Phi) is 8.27. The van der Waals surface area contributed by atoms with Crippen molar-refractivity contribution < 1.29 is 22.7 Å². The van der Waals surface area contributed by atoms with Gasteiger partial charge in [-0.25, -0.2) is 0 Å². The van der Waals surface area contributed by atoms with Gasteiger partial charge in [0.2, 0.25) is 11.8 Å². The summed E-state index contributed by atoms with van der Waals surface area (Å²) in [5, 5.41) is 2.23. The Bertz CT molecular complexity index is 1320. The van der Waals surface area contributed by atoms with Crippen molar-refractivity contribution in [3.8, 4) is 17.0 Å². The van der Waals surface area contributed by atoms with Crippen molar-refractivity contribution in [2.24, 2.45) is 0 Å². The average molecular weight is 567 g/mol. The summed E-state index contributed by atoms with van der Waals surface area (Å²) in [6, 6.07) is 21.5. The number of ether oxygens (including phenoxy) is 1. The Morgan fingerprint density at radius 3 is 2.15 bits per heavy atom. The molecule has 2 heterocycles. The van der Waals surface area contributed by atoms with E-state index >= 15 is 0 Å². The highest BCUT2D eigenvalue weighted by molar-refractivity contribution is 6.00. The summed E-state index contributed by atoms with van der Waals surface area (Å²) >= 11 is 0. The third-order valence-corrected chi connectivity index (χ3v) is 8.46. The van der Waals surface area contributed by atoms with Crippen LogP contribution in [-0.2, 0) is 10.2 Å². The largest absolute Gasteiger partial charge is 0.481 e. The third kappa shape index (κ3) is 5.77. The van der Waals surface area contributed by atoms with Crippen LogP contribution in [0.5, 0.6) is 5.88 Å². The Balaban J connectivity index is 1.30. The van der Waals surface area contributed by atoms with Crippen molar-refractivity contribution in [1.82, 2.24) is 15.2 Å². The quantitative estimate of drug-likeness (QED) is 0.332. The van der Waals surface area contributed by atoms with Crippen LogP contribution >= 0.6 is 0 Å². The molecule has 1 amide bonds. The lowest BCUT2D eigenvalue weighted by molar-refractivity contribution is -0.141. The maximum atomic E-state index is 13.7. The van der Waals surface area contributed by atoms with Crippen molar-refractivity contribution in [3.05, 3.63) is 77.9 Å². The van der Waals surface area contributed by atoms with E-state index in [1.165, 1.54) is 0 Å². The molecule has 3 aromatic rings. The van der Waals surface area contributed by atoms with Gasteiger partial charge in [0.15, 0.2) is 0 Å². The van der Waals surface area contributed by atoms with Crippen LogP contribution in [-0.4, -0.2) is 67.3 Å². The summed E-state index contributed by atoms with van der Waals surface area (Å²) in [6.45, 7) is 5.56. The molecule has 0 spiro atoms. The van der Waals surface area contributed by atoms with Gasteiger partial charge in [0.25, 0.3) is 0 Å². The third-order valence-electron chi connectivity index (χ3n) is 8.46. The number of alkyl halides is 3. The first-order valence-corrected chi connectivity index (χ1v) is 14.2. The number of unbranched alkanes of at least 4 members (excludes halogenated alkanes) is 1. The highest BCUT2D eigenvalue weighted by Gasteiger charge is 2.49. The number of nitrogens with zero attached hydrogens (tertiary/aromatic N) is 3. The number of carbonyl (C=O) groups excluding carboxylic acids is 1. The topological polar surface area (TPSA) is 57.7 Å². The summed E-state index contributed by atoms with van der Waals surface area (Å²) in [5.74, 6) is 0.898. The maximum absolute atomic E-state index is 13.7. The fourth-order valence-electron chi connectivity index (χ4n) is 6.65. The first kappa shape index (κ1) is 28.9. The summed E-state index contributed by atoms with van der Waals surface area (Å²) in [7, 11) is 1.61. The van der Waals surface area contributed by atoms with E-state index in [0.29, 0.717) is 18.7 Å². The van der Waals surface area contributed by atoms with Crippen LogP contribution in [0.15, 0.2) is 66.7 Å². The molecule has 0 bridgehead atoms. The molecular formula is C32H37F3N4O2. The molecule has 1 N–H and O–H groups in total. The Morgan fingerprint density at radius 1 is 0.951 bits per heavy atom. The van der Waals surface area contributed by atoms with Gasteiger partial charge in [-0.1, -0.05) is 61.0 Å². The van der Waals surface area contributed by atoms with Crippen molar-refractivity contribution in [1.29, 1.82) is 0 Å². The molecule has 218 valence electrons. The van der Waals surface area contributed by atoms with E-state index in [9.17, 15) is 18.0 Å². The van der Waals surface area contributed by atoms with Crippen LogP contribution in [0.1, 0.15) is 44.2 Å². The van der Waals surface area contributed by atoms with E-state index < -0.39 is 24.0 Å². The predicted molar refractivity (Wildman–Crippen MR) is 154 cm³/mol. The lowest BCUT2D eigenvalue weighted by Crippen LogP contribution is -2.57. The first-order chi connectivity index (χ1) is 19.6. The van der Waals surface area contributed by atoms with Gasteiger partial charge < -0.3 is 15.0 Å². The normalized spacial score (nSPS) is 19.9. The molecule has 2 atom stereocenters.